The predicted molar refractivity (Wildman–Crippen MR) is 135 cm³/mol. The zero-order valence-electron chi connectivity index (χ0n) is 20.7. The summed E-state index contributed by atoms with van der Waals surface area (Å²) in [6.45, 7) is 10.3. The van der Waals surface area contributed by atoms with Gasteiger partial charge in [0.05, 0.1) is 11.1 Å². The number of ether oxygens (including phenoxy) is 2. The Kier molecular flexibility index (Phi) is 5.97. The average Bonchev–Trinajstić information content (AvgIpc) is 3.15. The summed E-state index contributed by atoms with van der Waals surface area (Å²) in [5.74, 6) is 1.38. The molecule has 0 aromatic heterocycles. The summed E-state index contributed by atoms with van der Waals surface area (Å²) in [4.78, 5) is 15.4. The number of carbonyl (C=O) groups is 1. The molecule has 0 atom stereocenters. The van der Waals surface area contributed by atoms with Crippen molar-refractivity contribution in [3.05, 3.63) is 99.6 Å². The van der Waals surface area contributed by atoms with Gasteiger partial charge in [-0.3, -0.25) is 9.69 Å². The summed E-state index contributed by atoms with van der Waals surface area (Å²) in [5.41, 5.74) is 5.68. The second kappa shape index (κ2) is 8.97. The first-order valence-electron chi connectivity index (χ1n) is 12.0. The number of carbonyl (C=O) groups excluding carboxylic acids is 1. The summed E-state index contributed by atoms with van der Waals surface area (Å²) in [7, 11) is 0. The number of hydrogen-bond donors (Lipinski definition) is 0. The van der Waals surface area contributed by atoms with Crippen molar-refractivity contribution in [1.29, 1.82) is 0 Å². The molecule has 0 saturated heterocycles. The minimum Gasteiger partial charge on any atom is -0.478 e. The summed E-state index contributed by atoms with van der Waals surface area (Å²) >= 11 is 0. The molecule has 0 spiro atoms. The van der Waals surface area contributed by atoms with Gasteiger partial charge >= 0.3 is 0 Å². The van der Waals surface area contributed by atoms with Gasteiger partial charge in [0.2, 0.25) is 5.78 Å². The van der Waals surface area contributed by atoms with E-state index in [4.69, 9.17) is 9.47 Å². The summed E-state index contributed by atoms with van der Waals surface area (Å²) in [6.07, 6.45) is 2.60. The first-order chi connectivity index (χ1) is 16.7. The number of nitrogens with zero attached hydrogens (tertiary/aromatic N) is 1. The van der Waals surface area contributed by atoms with Crippen LogP contribution in [0.3, 0.4) is 0 Å². The van der Waals surface area contributed by atoms with Crippen molar-refractivity contribution in [3.8, 4) is 11.5 Å². The van der Waals surface area contributed by atoms with E-state index in [1.165, 1.54) is 17.7 Å². The van der Waals surface area contributed by atoms with Crippen LogP contribution >= 0.6 is 0 Å². The fourth-order valence-corrected chi connectivity index (χ4v) is 4.59. The highest BCUT2D eigenvalue weighted by Crippen LogP contribution is 2.44. The number of fused-ring (bicyclic) bond motifs is 3. The molecule has 2 aliphatic rings. The molecule has 0 amide bonds. The highest BCUT2D eigenvalue weighted by atomic mass is 19.1. The van der Waals surface area contributed by atoms with Crippen molar-refractivity contribution in [3.63, 3.8) is 0 Å². The van der Waals surface area contributed by atoms with Crippen molar-refractivity contribution in [1.82, 2.24) is 4.90 Å². The van der Waals surface area contributed by atoms with Gasteiger partial charge in [-0.2, -0.15) is 0 Å². The lowest BCUT2D eigenvalue weighted by molar-refractivity contribution is 0.0949. The van der Waals surface area contributed by atoms with Crippen LogP contribution < -0.4 is 9.47 Å². The highest BCUT2D eigenvalue weighted by molar-refractivity contribution is 6.15. The van der Waals surface area contributed by atoms with Crippen LogP contribution in [0.15, 0.2) is 60.4 Å². The number of hydrogen-bond acceptors (Lipinski definition) is 4. The predicted octanol–water partition coefficient (Wildman–Crippen LogP) is 6.44. The van der Waals surface area contributed by atoms with Crippen molar-refractivity contribution in [2.24, 2.45) is 0 Å². The zero-order chi connectivity index (χ0) is 24.7. The van der Waals surface area contributed by atoms with E-state index in [0.717, 1.165) is 41.0 Å². The molecule has 2 heterocycles. The molecule has 0 fully saturated rings. The Morgan fingerprint density at radius 1 is 1.06 bits per heavy atom. The maximum atomic E-state index is 13.3. The smallest absolute Gasteiger partial charge is 0.232 e. The first kappa shape index (κ1) is 23.3. The summed E-state index contributed by atoms with van der Waals surface area (Å²) in [6, 6.07) is 16.8. The third-order valence-corrected chi connectivity index (χ3v) is 6.69. The molecule has 180 valence electrons. The van der Waals surface area contributed by atoms with Crippen molar-refractivity contribution in [2.75, 3.05) is 13.3 Å². The van der Waals surface area contributed by atoms with Gasteiger partial charge in [0.1, 0.15) is 24.0 Å². The Morgan fingerprint density at radius 3 is 2.46 bits per heavy atom. The lowest BCUT2D eigenvalue weighted by Crippen LogP contribution is -2.33. The Balaban J connectivity index is 1.37. The van der Waals surface area contributed by atoms with Crippen LogP contribution in [0.4, 0.5) is 4.39 Å². The molecular weight excluding hydrogens is 441 g/mol. The Labute approximate surface area is 206 Å². The normalized spacial score (nSPS) is 16.6. The van der Waals surface area contributed by atoms with Gasteiger partial charge in [0.25, 0.3) is 0 Å². The quantitative estimate of drug-likeness (QED) is 0.410. The monoisotopic (exact) mass is 471 g/mol. The van der Waals surface area contributed by atoms with E-state index in [9.17, 15) is 9.18 Å². The fraction of sp³-hybridized carbons (Fsp3) is 0.300. The lowest BCUT2D eigenvalue weighted by atomic mass is 9.86. The van der Waals surface area contributed by atoms with E-state index < -0.39 is 0 Å². The number of Topliss-reactive ketones (excluding diaryl/α,β-unsaturated/α-hetero) is 1. The molecule has 0 aliphatic carbocycles. The van der Waals surface area contributed by atoms with E-state index in [2.05, 4.69) is 37.8 Å². The van der Waals surface area contributed by atoms with Crippen LogP contribution in [0.5, 0.6) is 11.5 Å². The summed E-state index contributed by atoms with van der Waals surface area (Å²) < 4.78 is 25.4. The van der Waals surface area contributed by atoms with Crippen molar-refractivity contribution >= 4 is 11.9 Å². The number of ketones is 1. The molecule has 3 aromatic carbocycles. The van der Waals surface area contributed by atoms with Crippen LogP contribution in [-0.2, 0) is 18.4 Å². The molecule has 0 unspecified atom stereocenters. The van der Waals surface area contributed by atoms with Gasteiger partial charge < -0.3 is 9.47 Å². The van der Waals surface area contributed by atoms with Crippen LogP contribution in [0.25, 0.3) is 6.08 Å². The van der Waals surface area contributed by atoms with Crippen LogP contribution in [0, 0.1) is 12.7 Å². The van der Waals surface area contributed by atoms with Gasteiger partial charge in [0, 0.05) is 13.1 Å². The Bertz CT molecular complexity index is 1300. The van der Waals surface area contributed by atoms with Crippen LogP contribution in [-0.4, -0.2) is 24.0 Å². The second-order valence-corrected chi connectivity index (χ2v) is 10.4. The average molecular weight is 472 g/mol. The molecule has 0 N–H and O–H groups in total. The first-order valence-corrected chi connectivity index (χ1v) is 12.0. The lowest BCUT2D eigenvalue weighted by Gasteiger charge is -2.30. The third kappa shape index (κ3) is 4.73. The van der Waals surface area contributed by atoms with Gasteiger partial charge in [-0.25, -0.2) is 4.39 Å². The number of allylic oxidation sites excluding steroid dienone is 1. The summed E-state index contributed by atoms with van der Waals surface area (Å²) in [5, 5.41) is 0. The molecule has 35 heavy (non-hydrogen) atoms. The number of rotatable bonds is 4. The molecule has 0 bridgehead atoms. The van der Waals surface area contributed by atoms with Crippen molar-refractivity contribution in [2.45, 2.75) is 46.1 Å². The minimum atomic E-state index is -0.231. The van der Waals surface area contributed by atoms with Crippen LogP contribution in [0.2, 0.25) is 0 Å². The van der Waals surface area contributed by atoms with E-state index in [1.54, 1.807) is 0 Å². The number of aryl methyl sites for hydroxylation is 1. The van der Waals surface area contributed by atoms with E-state index in [0.29, 0.717) is 30.3 Å². The van der Waals surface area contributed by atoms with E-state index in [1.807, 2.05) is 43.3 Å². The van der Waals surface area contributed by atoms with Gasteiger partial charge in [0.15, 0.2) is 5.76 Å². The third-order valence-electron chi connectivity index (χ3n) is 6.69. The highest BCUT2D eigenvalue weighted by Gasteiger charge is 2.35. The molecule has 3 aromatic rings. The molecule has 5 rings (SSSR count). The molecule has 2 aliphatic heterocycles. The molecule has 4 nitrogen and oxygen atoms in total. The number of benzene rings is 3. The maximum Gasteiger partial charge on any atom is 0.232 e. The molecule has 0 saturated carbocycles. The number of halogens is 1. The van der Waals surface area contributed by atoms with E-state index >= 15 is 0 Å². The van der Waals surface area contributed by atoms with Gasteiger partial charge in [-0.15, -0.1) is 0 Å². The topological polar surface area (TPSA) is 38.8 Å². The zero-order valence-corrected chi connectivity index (χ0v) is 20.7. The van der Waals surface area contributed by atoms with Crippen LogP contribution in [0.1, 0.15) is 58.9 Å². The Hall–Kier alpha value is -3.44. The van der Waals surface area contributed by atoms with Gasteiger partial charge in [-0.1, -0.05) is 57.2 Å². The van der Waals surface area contributed by atoms with E-state index in [-0.39, 0.29) is 17.0 Å². The molecule has 5 heteroatoms. The fourth-order valence-electron chi connectivity index (χ4n) is 4.59. The standard InChI is InChI=1S/C30H30FNO3/c1-19-15-25-24(17-32(18-34-25)14-13-20-7-11-23(31)12-8-20)29-27(19)28(33)26(35-29)16-21-5-9-22(10-6-21)30(2,3)4/h5-12,15-16H,13-14,17-18H2,1-4H3/b26-16+. The van der Waals surface area contributed by atoms with Crippen molar-refractivity contribution < 1.29 is 18.7 Å². The maximum absolute atomic E-state index is 13.3. The van der Waals surface area contributed by atoms with Gasteiger partial charge in [-0.05, 0) is 65.3 Å². The minimum absolute atomic E-state index is 0.0698. The second-order valence-electron chi connectivity index (χ2n) is 10.4. The molecule has 0 radical (unpaired) electrons. The Morgan fingerprint density at radius 2 is 1.77 bits per heavy atom. The largest absolute Gasteiger partial charge is 0.478 e. The SMILES string of the molecule is Cc1cc2c(c3c1C(=O)/C(=C\c1ccc(C(C)(C)C)cc1)O3)CN(CCc1ccc(F)cc1)CO2. The molecular formula is C30H30FNO3.